The van der Waals surface area contributed by atoms with Gasteiger partial charge in [0.2, 0.25) is 17.8 Å². The van der Waals surface area contributed by atoms with Crippen LogP contribution in [0, 0.1) is 0 Å². The number of aromatic nitrogens is 3. The minimum atomic E-state index is -0.235. The third kappa shape index (κ3) is 6.16. The van der Waals surface area contributed by atoms with Gasteiger partial charge in [-0.25, -0.2) is 0 Å². The van der Waals surface area contributed by atoms with E-state index >= 15 is 0 Å². The lowest BCUT2D eigenvalue weighted by atomic mass is 10.1. The molecular weight excluding hydrogens is 288 g/mol. The molecule has 0 bridgehead atoms. The Kier molecular flexibility index (Phi) is 5.77. The lowest BCUT2D eigenvalue weighted by Crippen LogP contribution is -2.44. The second-order valence-corrected chi connectivity index (χ2v) is 7.33. The first kappa shape index (κ1) is 17.5. The molecule has 1 aromatic heterocycles. The highest BCUT2D eigenvalue weighted by atomic mass is 32.2. The van der Waals surface area contributed by atoms with E-state index in [1.165, 1.54) is 11.8 Å². The molecule has 0 aliphatic heterocycles. The van der Waals surface area contributed by atoms with Gasteiger partial charge < -0.3 is 16.0 Å². The second kappa shape index (κ2) is 6.93. The maximum Gasteiger partial charge on any atom is 0.233 e. The number of nitrogen functional groups attached to an aromatic ring is 1. The predicted octanol–water partition coefficient (Wildman–Crippen LogP) is 1.06. The molecule has 1 unspecified atom stereocenters. The highest BCUT2D eigenvalue weighted by Gasteiger charge is 2.20. The van der Waals surface area contributed by atoms with Crippen LogP contribution in [0.15, 0.2) is 0 Å². The Morgan fingerprint density at radius 2 is 1.95 bits per heavy atom. The summed E-state index contributed by atoms with van der Waals surface area (Å²) in [5.74, 6) is 1.79. The van der Waals surface area contributed by atoms with Crippen molar-refractivity contribution in [2.75, 3.05) is 24.7 Å². The molecule has 118 valence electrons. The number of anilines is 2. The summed E-state index contributed by atoms with van der Waals surface area (Å²) in [6.07, 6.45) is 0. The summed E-state index contributed by atoms with van der Waals surface area (Å²) in [5.41, 5.74) is 5.43. The third-order valence-electron chi connectivity index (χ3n) is 2.42. The zero-order chi connectivity index (χ0) is 16.2. The molecule has 0 saturated heterocycles. The third-order valence-corrected chi connectivity index (χ3v) is 3.56. The molecule has 0 aliphatic rings. The van der Waals surface area contributed by atoms with E-state index in [4.69, 9.17) is 5.73 Å². The number of nitrogens with one attached hydrogen (secondary N) is 1. The monoisotopic (exact) mass is 312 g/mol. The molecule has 1 heterocycles. The Balaban J connectivity index is 2.65. The van der Waals surface area contributed by atoms with Crippen LogP contribution in [0.3, 0.4) is 0 Å². The number of carbonyl (C=O) groups is 1. The average molecular weight is 312 g/mol. The molecule has 0 aromatic carbocycles. The first-order chi connectivity index (χ1) is 9.58. The van der Waals surface area contributed by atoms with Gasteiger partial charge in [0, 0.05) is 19.6 Å². The minimum Gasteiger partial charge on any atom is -0.368 e. The molecule has 1 amide bonds. The molecule has 8 heteroatoms. The van der Waals surface area contributed by atoms with Crippen molar-refractivity contribution in [2.24, 2.45) is 0 Å². The lowest BCUT2D eigenvalue weighted by molar-refractivity contribution is -0.121. The predicted molar refractivity (Wildman–Crippen MR) is 87.2 cm³/mol. The molecule has 0 radical (unpaired) electrons. The van der Waals surface area contributed by atoms with Crippen LogP contribution >= 0.6 is 11.8 Å². The van der Waals surface area contributed by atoms with E-state index in [2.05, 4.69) is 20.3 Å². The quantitative estimate of drug-likeness (QED) is 0.839. The number of hydrogen-bond donors (Lipinski definition) is 2. The van der Waals surface area contributed by atoms with Crippen LogP contribution in [0.25, 0.3) is 0 Å². The van der Waals surface area contributed by atoms with Crippen LogP contribution in [-0.4, -0.2) is 45.7 Å². The highest BCUT2D eigenvalue weighted by molar-refractivity contribution is 7.99. The first-order valence-electron chi connectivity index (χ1n) is 6.70. The van der Waals surface area contributed by atoms with Crippen LogP contribution in [0.5, 0.6) is 0 Å². The number of nitrogens with two attached hydrogens (primary N) is 1. The Labute approximate surface area is 130 Å². The van der Waals surface area contributed by atoms with Crippen molar-refractivity contribution in [1.29, 1.82) is 0 Å². The number of thioether (sulfide) groups is 1. The van der Waals surface area contributed by atoms with Crippen LogP contribution in [0.4, 0.5) is 11.9 Å². The van der Waals surface area contributed by atoms with Gasteiger partial charge in [0.15, 0.2) is 0 Å². The summed E-state index contributed by atoms with van der Waals surface area (Å²) < 4.78 is 0. The molecule has 7 nitrogen and oxygen atoms in total. The fourth-order valence-corrected chi connectivity index (χ4v) is 2.17. The summed E-state index contributed by atoms with van der Waals surface area (Å²) in [7, 11) is 3.68. The number of amides is 1. The smallest absolute Gasteiger partial charge is 0.233 e. The normalized spacial score (nSPS) is 12.9. The number of carbonyl (C=O) groups excluding carboxylic acids is 1. The topological polar surface area (TPSA) is 97.0 Å². The Morgan fingerprint density at radius 3 is 2.48 bits per heavy atom. The van der Waals surface area contributed by atoms with Gasteiger partial charge in [-0.1, -0.05) is 0 Å². The van der Waals surface area contributed by atoms with Crippen molar-refractivity contribution in [3.8, 4) is 0 Å². The van der Waals surface area contributed by atoms with Gasteiger partial charge in [-0.05, 0) is 27.7 Å². The zero-order valence-corrected chi connectivity index (χ0v) is 14.3. The summed E-state index contributed by atoms with van der Waals surface area (Å²) in [4.78, 5) is 26.2. The summed E-state index contributed by atoms with van der Waals surface area (Å²) in [6.45, 7) is 7.73. The van der Waals surface area contributed by atoms with Crippen molar-refractivity contribution in [3.05, 3.63) is 5.82 Å². The molecule has 0 spiro atoms. The highest BCUT2D eigenvalue weighted by Crippen LogP contribution is 2.18. The zero-order valence-electron chi connectivity index (χ0n) is 13.5. The number of rotatable bonds is 5. The first-order valence-corrected chi connectivity index (χ1v) is 7.75. The van der Waals surface area contributed by atoms with Crippen molar-refractivity contribution in [1.82, 2.24) is 20.3 Å². The summed E-state index contributed by atoms with van der Waals surface area (Å²) >= 11 is 1.47. The van der Waals surface area contributed by atoms with Gasteiger partial charge in [-0.2, -0.15) is 15.0 Å². The van der Waals surface area contributed by atoms with Gasteiger partial charge in [0.05, 0.1) is 11.0 Å². The van der Waals surface area contributed by atoms with E-state index in [-0.39, 0.29) is 22.6 Å². The maximum absolute atomic E-state index is 12.0. The molecule has 0 fully saturated rings. The van der Waals surface area contributed by atoms with E-state index in [1.54, 1.807) is 4.90 Å². The molecular formula is C13H24N6OS. The maximum atomic E-state index is 12.0. The number of hydrogen-bond acceptors (Lipinski definition) is 7. The van der Waals surface area contributed by atoms with Gasteiger partial charge in [0.1, 0.15) is 5.82 Å². The van der Waals surface area contributed by atoms with Gasteiger partial charge in [0.25, 0.3) is 0 Å². The van der Waals surface area contributed by atoms with Gasteiger partial charge in [-0.15, -0.1) is 11.8 Å². The van der Waals surface area contributed by atoms with Crippen LogP contribution in [0.2, 0.25) is 0 Å². The van der Waals surface area contributed by atoms with Crippen molar-refractivity contribution in [2.45, 2.75) is 44.2 Å². The van der Waals surface area contributed by atoms with E-state index in [0.29, 0.717) is 17.5 Å². The average Bonchev–Trinajstić information content (AvgIpc) is 2.33. The molecule has 21 heavy (non-hydrogen) atoms. The second-order valence-electron chi connectivity index (χ2n) is 6.00. The lowest BCUT2D eigenvalue weighted by Gasteiger charge is -2.23. The van der Waals surface area contributed by atoms with Gasteiger partial charge >= 0.3 is 0 Å². The SMILES string of the molecule is CC(SCc1nc(N)nc(N(C)C)n1)C(=O)NC(C)(C)C. The molecule has 3 N–H and O–H groups in total. The van der Waals surface area contributed by atoms with E-state index in [9.17, 15) is 4.79 Å². The summed E-state index contributed by atoms with van der Waals surface area (Å²) in [5, 5.41) is 2.76. The van der Waals surface area contributed by atoms with Crippen molar-refractivity contribution in [3.63, 3.8) is 0 Å². The van der Waals surface area contributed by atoms with E-state index in [0.717, 1.165) is 0 Å². The largest absolute Gasteiger partial charge is 0.368 e. The molecule has 0 saturated carbocycles. The Morgan fingerprint density at radius 1 is 1.33 bits per heavy atom. The molecule has 1 aromatic rings. The van der Waals surface area contributed by atoms with Crippen molar-refractivity contribution < 1.29 is 4.79 Å². The molecule has 1 rings (SSSR count). The number of nitrogens with zero attached hydrogens (tertiary/aromatic N) is 4. The molecule has 1 atom stereocenters. The van der Waals surface area contributed by atoms with Crippen molar-refractivity contribution >= 4 is 29.6 Å². The Bertz CT molecular complexity index is 500. The van der Waals surface area contributed by atoms with Crippen LogP contribution in [-0.2, 0) is 10.5 Å². The Hall–Kier alpha value is -1.57. The standard InChI is InChI=1S/C13H24N6OS/c1-8(10(20)18-13(2,3)4)21-7-9-15-11(14)17-12(16-9)19(5)6/h8H,7H2,1-6H3,(H,18,20)(H2,14,15,16,17). The van der Waals surface area contributed by atoms with Gasteiger partial charge in [-0.3, -0.25) is 4.79 Å². The van der Waals surface area contributed by atoms with Crippen LogP contribution < -0.4 is 16.0 Å². The fraction of sp³-hybridized carbons (Fsp3) is 0.692. The minimum absolute atomic E-state index is 0.00219. The molecule has 0 aliphatic carbocycles. The summed E-state index contributed by atoms with van der Waals surface area (Å²) in [6, 6.07) is 0. The van der Waals surface area contributed by atoms with E-state index < -0.39 is 0 Å². The van der Waals surface area contributed by atoms with Crippen LogP contribution in [0.1, 0.15) is 33.5 Å². The fourth-order valence-electron chi connectivity index (χ4n) is 1.44. The van der Waals surface area contributed by atoms with E-state index in [1.807, 2.05) is 41.8 Å².